The lowest BCUT2D eigenvalue weighted by Crippen LogP contribution is -2.54. The number of nitrogens with zero attached hydrogens (tertiary/aromatic N) is 1. The molecule has 2 heterocycles. The summed E-state index contributed by atoms with van der Waals surface area (Å²) in [4.78, 5) is 26.9. The molecule has 2 amide bonds. The van der Waals surface area contributed by atoms with Gasteiger partial charge in [0.15, 0.2) is 0 Å². The van der Waals surface area contributed by atoms with Crippen molar-refractivity contribution in [3.05, 3.63) is 35.6 Å². The van der Waals surface area contributed by atoms with E-state index in [-0.39, 0.29) is 35.6 Å². The minimum Gasteiger partial charge on any atom is -0.352 e. The van der Waals surface area contributed by atoms with Gasteiger partial charge in [-0.2, -0.15) is 0 Å². The molecule has 3 atom stereocenters. The zero-order valence-corrected chi connectivity index (χ0v) is 14.6. The molecule has 0 radical (unpaired) electrons. The Hall–Kier alpha value is -1.95. The van der Waals surface area contributed by atoms with Gasteiger partial charge >= 0.3 is 0 Å². The van der Waals surface area contributed by atoms with E-state index in [1.165, 1.54) is 24.3 Å². The smallest absolute Gasteiger partial charge is 0.253 e. The van der Waals surface area contributed by atoms with Crippen molar-refractivity contribution in [3.63, 3.8) is 0 Å². The molecule has 0 aliphatic carbocycles. The standard InChI is InChI=1S/C19H26FN3O2/c1-13-17(5-2-10-21-13)22-18(24)15-4-3-11-23(12-15)19(25)14-6-8-16(20)9-7-14/h6-9,13,15,17,21H,2-5,10-12H2,1H3,(H,22,24). The number of halogens is 1. The van der Waals surface area contributed by atoms with Crippen molar-refractivity contribution in [1.82, 2.24) is 15.5 Å². The molecule has 0 aromatic heterocycles. The maximum atomic E-state index is 13.0. The second-order valence-electron chi connectivity index (χ2n) is 7.10. The zero-order valence-electron chi connectivity index (χ0n) is 14.6. The van der Waals surface area contributed by atoms with Crippen LogP contribution in [0.4, 0.5) is 4.39 Å². The molecule has 6 heteroatoms. The van der Waals surface area contributed by atoms with Gasteiger partial charge in [0.2, 0.25) is 5.91 Å². The number of hydrogen-bond donors (Lipinski definition) is 2. The summed E-state index contributed by atoms with van der Waals surface area (Å²) in [5.41, 5.74) is 0.465. The van der Waals surface area contributed by atoms with Crippen molar-refractivity contribution in [2.75, 3.05) is 19.6 Å². The summed E-state index contributed by atoms with van der Waals surface area (Å²) in [5.74, 6) is -0.628. The van der Waals surface area contributed by atoms with Crippen molar-refractivity contribution in [3.8, 4) is 0 Å². The topological polar surface area (TPSA) is 61.4 Å². The molecule has 3 rings (SSSR count). The van der Waals surface area contributed by atoms with Gasteiger partial charge in [0.1, 0.15) is 5.82 Å². The summed E-state index contributed by atoms with van der Waals surface area (Å²) >= 11 is 0. The van der Waals surface area contributed by atoms with E-state index in [1.54, 1.807) is 4.90 Å². The second-order valence-corrected chi connectivity index (χ2v) is 7.10. The third-order valence-corrected chi connectivity index (χ3v) is 5.26. The first-order chi connectivity index (χ1) is 12.0. The van der Waals surface area contributed by atoms with Gasteiger partial charge in [-0.3, -0.25) is 9.59 Å². The number of carbonyl (C=O) groups is 2. The van der Waals surface area contributed by atoms with E-state index in [0.29, 0.717) is 18.7 Å². The Morgan fingerprint density at radius 1 is 1.20 bits per heavy atom. The molecule has 0 bridgehead atoms. The molecule has 2 aliphatic heterocycles. The second kappa shape index (κ2) is 7.95. The molecule has 2 N–H and O–H groups in total. The highest BCUT2D eigenvalue weighted by Crippen LogP contribution is 2.20. The van der Waals surface area contributed by atoms with Gasteiger partial charge in [0, 0.05) is 30.7 Å². The van der Waals surface area contributed by atoms with E-state index in [4.69, 9.17) is 0 Å². The fraction of sp³-hybridized carbons (Fsp3) is 0.579. The van der Waals surface area contributed by atoms with Crippen LogP contribution in [0.1, 0.15) is 43.0 Å². The highest BCUT2D eigenvalue weighted by atomic mass is 19.1. The Morgan fingerprint density at radius 2 is 1.96 bits per heavy atom. The number of piperidine rings is 2. The van der Waals surface area contributed by atoms with Crippen LogP contribution in [0.25, 0.3) is 0 Å². The third-order valence-electron chi connectivity index (χ3n) is 5.26. The Bertz CT molecular complexity index is 620. The Kier molecular flexibility index (Phi) is 5.68. The van der Waals surface area contributed by atoms with Crippen molar-refractivity contribution in [1.29, 1.82) is 0 Å². The number of benzene rings is 1. The molecular formula is C19H26FN3O2. The number of rotatable bonds is 3. The Morgan fingerprint density at radius 3 is 2.68 bits per heavy atom. The summed E-state index contributed by atoms with van der Waals surface area (Å²) in [5, 5.41) is 6.54. The number of likely N-dealkylation sites (tertiary alicyclic amines) is 1. The first kappa shape index (κ1) is 17.9. The molecular weight excluding hydrogens is 321 g/mol. The molecule has 0 spiro atoms. The summed E-state index contributed by atoms with van der Waals surface area (Å²) < 4.78 is 13.0. The number of hydrogen-bond acceptors (Lipinski definition) is 3. The van der Waals surface area contributed by atoms with E-state index < -0.39 is 0 Å². The molecule has 0 saturated carbocycles. The Labute approximate surface area is 148 Å². The molecule has 136 valence electrons. The molecule has 2 saturated heterocycles. The van der Waals surface area contributed by atoms with Crippen LogP contribution >= 0.6 is 0 Å². The summed E-state index contributed by atoms with van der Waals surface area (Å²) in [7, 11) is 0. The maximum Gasteiger partial charge on any atom is 0.253 e. The molecule has 2 fully saturated rings. The van der Waals surface area contributed by atoms with Gasteiger partial charge in [-0.1, -0.05) is 0 Å². The monoisotopic (exact) mass is 347 g/mol. The third kappa shape index (κ3) is 4.37. The normalized spacial score (nSPS) is 27.0. The summed E-state index contributed by atoms with van der Waals surface area (Å²) in [6, 6.07) is 6.01. The van der Waals surface area contributed by atoms with Gasteiger partial charge in [0.25, 0.3) is 5.91 Å². The van der Waals surface area contributed by atoms with Crippen molar-refractivity contribution in [2.45, 2.75) is 44.7 Å². The van der Waals surface area contributed by atoms with Gasteiger partial charge in [-0.15, -0.1) is 0 Å². The minimum absolute atomic E-state index is 0.0390. The predicted octanol–water partition coefficient (Wildman–Crippen LogP) is 1.93. The SMILES string of the molecule is CC1NCCCC1NC(=O)C1CCCN(C(=O)c2ccc(F)cc2)C1. The molecule has 2 aliphatic rings. The Balaban J connectivity index is 1.59. The largest absolute Gasteiger partial charge is 0.352 e. The van der Waals surface area contributed by atoms with Crippen LogP contribution in [-0.4, -0.2) is 48.4 Å². The zero-order chi connectivity index (χ0) is 17.8. The number of nitrogens with one attached hydrogen (secondary N) is 2. The fourth-order valence-corrected chi connectivity index (χ4v) is 3.69. The van der Waals surface area contributed by atoms with Gasteiger partial charge < -0.3 is 15.5 Å². The lowest BCUT2D eigenvalue weighted by molar-refractivity contribution is -0.127. The average molecular weight is 347 g/mol. The van der Waals surface area contributed by atoms with E-state index in [0.717, 1.165) is 32.2 Å². The van der Waals surface area contributed by atoms with E-state index in [9.17, 15) is 14.0 Å². The summed E-state index contributed by atoms with van der Waals surface area (Å²) in [6.45, 7) is 4.16. The predicted molar refractivity (Wildman–Crippen MR) is 93.7 cm³/mol. The highest BCUT2D eigenvalue weighted by molar-refractivity contribution is 5.94. The molecule has 1 aromatic rings. The number of carbonyl (C=O) groups excluding carboxylic acids is 2. The molecule has 3 unspecified atom stereocenters. The lowest BCUT2D eigenvalue weighted by Gasteiger charge is -2.35. The molecule has 5 nitrogen and oxygen atoms in total. The van der Waals surface area contributed by atoms with Crippen molar-refractivity contribution >= 4 is 11.8 Å². The van der Waals surface area contributed by atoms with Gasteiger partial charge in [0.05, 0.1) is 5.92 Å². The average Bonchev–Trinajstić information content (AvgIpc) is 2.64. The van der Waals surface area contributed by atoms with Crippen molar-refractivity contribution in [2.24, 2.45) is 5.92 Å². The highest BCUT2D eigenvalue weighted by Gasteiger charge is 2.31. The van der Waals surface area contributed by atoms with Crippen LogP contribution in [-0.2, 0) is 4.79 Å². The first-order valence-electron chi connectivity index (χ1n) is 9.13. The molecule has 25 heavy (non-hydrogen) atoms. The van der Waals surface area contributed by atoms with E-state index in [1.807, 2.05) is 0 Å². The summed E-state index contributed by atoms with van der Waals surface area (Å²) in [6.07, 6.45) is 3.66. The van der Waals surface area contributed by atoms with Crippen LogP contribution in [0.2, 0.25) is 0 Å². The van der Waals surface area contributed by atoms with Crippen LogP contribution in [0, 0.1) is 11.7 Å². The maximum absolute atomic E-state index is 13.0. The lowest BCUT2D eigenvalue weighted by atomic mass is 9.94. The molecule has 1 aromatic carbocycles. The van der Waals surface area contributed by atoms with Crippen LogP contribution < -0.4 is 10.6 Å². The van der Waals surface area contributed by atoms with Crippen LogP contribution in [0.5, 0.6) is 0 Å². The number of amides is 2. The minimum atomic E-state index is -0.359. The fourth-order valence-electron chi connectivity index (χ4n) is 3.69. The van der Waals surface area contributed by atoms with E-state index >= 15 is 0 Å². The van der Waals surface area contributed by atoms with Crippen LogP contribution in [0.3, 0.4) is 0 Å². The van der Waals surface area contributed by atoms with Crippen LogP contribution in [0.15, 0.2) is 24.3 Å². The first-order valence-corrected chi connectivity index (χ1v) is 9.13. The van der Waals surface area contributed by atoms with Crippen molar-refractivity contribution < 1.29 is 14.0 Å². The van der Waals surface area contributed by atoms with Gasteiger partial charge in [-0.25, -0.2) is 4.39 Å². The quantitative estimate of drug-likeness (QED) is 0.878. The van der Waals surface area contributed by atoms with E-state index in [2.05, 4.69) is 17.6 Å². The van der Waals surface area contributed by atoms with Gasteiger partial charge in [-0.05, 0) is 63.4 Å².